The average Bonchev–Trinajstić information content (AvgIpc) is 3.36. The summed E-state index contributed by atoms with van der Waals surface area (Å²) in [6.45, 7) is 5.13. The second-order valence-corrected chi connectivity index (χ2v) is 9.76. The lowest BCUT2D eigenvalue weighted by Crippen LogP contribution is -2.34. The van der Waals surface area contributed by atoms with E-state index < -0.39 is 6.18 Å². The van der Waals surface area contributed by atoms with Crippen LogP contribution in [0.25, 0.3) is 16.5 Å². The Bertz CT molecular complexity index is 1290. The Kier molecular flexibility index (Phi) is 8.83. The number of H-pyrrole nitrogens is 1. The molecular formula is C28H34F3N7. The molecule has 1 aliphatic carbocycles. The third-order valence-corrected chi connectivity index (χ3v) is 6.77. The van der Waals surface area contributed by atoms with Crippen LogP contribution in [0.5, 0.6) is 0 Å². The maximum atomic E-state index is 12.4. The number of nitrogens with one attached hydrogen (secondary N) is 3. The normalized spacial score (nSPS) is 18.7. The number of aromatic amines is 1. The van der Waals surface area contributed by atoms with Gasteiger partial charge in [-0.25, -0.2) is 4.98 Å². The SMILES string of the molecule is C=C/C(=C\C=C\C(F)(F)F)c1[nH]ncc1CNC1CCC(CNc2nc(N(C)C)c3ccccc3n2)CC1. The number of para-hydroxylation sites is 1. The van der Waals surface area contributed by atoms with E-state index in [0.29, 0.717) is 35.7 Å². The van der Waals surface area contributed by atoms with Crippen molar-refractivity contribution in [1.29, 1.82) is 0 Å². The Balaban J connectivity index is 1.28. The molecule has 1 fully saturated rings. The predicted molar refractivity (Wildman–Crippen MR) is 147 cm³/mol. The van der Waals surface area contributed by atoms with E-state index in [1.807, 2.05) is 43.3 Å². The van der Waals surface area contributed by atoms with Crippen molar-refractivity contribution >= 4 is 28.2 Å². The van der Waals surface area contributed by atoms with Gasteiger partial charge in [0.25, 0.3) is 0 Å². The minimum absolute atomic E-state index is 0.200. The number of rotatable bonds is 10. The van der Waals surface area contributed by atoms with E-state index >= 15 is 0 Å². The molecule has 0 aliphatic heterocycles. The van der Waals surface area contributed by atoms with Crippen molar-refractivity contribution in [1.82, 2.24) is 25.5 Å². The molecule has 0 saturated heterocycles. The zero-order chi connectivity index (χ0) is 27.1. The molecule has 0 unspecified atom stereocenters. The van der Waals surface area contributed by atoms with Crippen LogP contribution in [-0.4, -0.2) is 53.0 Å². The first-order valence-corrected chi connectivity index (χ1v) is 12.8. The van der Waals surface area contributed by atoms with Gasteiger partial charge in [0.2, 0.25) is 5.95 Å². The van der Waals surface area contributed by atoms with Crippen molar-refractivity contribution in [3.05, 3.63) is 72.6 Å². The summed E-state index contributed by atoms with van der Waals surface area (Å²) in [6.07, 6.45) is 5.68. The van der Waals surface area contributed by atoms with Crippen LogP contribution < -0.4 is 15.5 Å². The van der Waals surface area contributed by atoms with E-state index in [-0.39, 0.29) is 6.08 Å². The van der Waals surface area contributed by atoms with Gasteiger partial charge in [0.1, 0.15) is 5.82 Å². The topological polar surface area (TPSA) is 81.8 Å². The van der Waals surface area contributed by atoms with Gasteiger partial charge in [-0.1, -0.05) is 36.9 Å². The summed E-state index contributed by atoms with van der Waals surface area (Å²) in [5, 5.41) is 15.0. The molecule has 0 amide bonds. The molecule has 3 aromatic rings. The van der Waals surface area contributed by atoms with Gasteiger partial charge >= 0.3 is 6.18 Å². The highest BCUT2D eigenvalue weighted by molar-refractivity contribution is 5.90. The van der Waals surface area contributed by atoms with Gasteiger partial charge < -0.3 is 15.5 Å². The van der Waals surface area contributed by atoms with Crippen molar-refractivity contribution < 1.29 is 13.2 Å². The molecule has 4 rings (SSSR count). The molecule has 0 bridgehead atoms. The zero-order valence-corrected chi connectivity index (χ0v) is 21.7. The monoisotopic (exact) mass is 525 g/mol. The lowest BCUT2D eigenvalue weighted by atomic mass is 9.86. The minimum Gasteiger partial charge on any atom is -0.362 e. The van der Waals surface area contributed by atoms with Crippen LogP contribution >= 0.6 is 0 Å². The molecule has 3 N–H and O–H groups in total. The molecule has 0 radical (unpaired) electrons. The number of nitrogens with zero attached hydrogens (tertiary/aromatic N) is 4. The average molecular weight is 526 g/mol. The number of anilines is 2. The second-order valence-electron chi connectivity index (χ2n) is 9.76. The van der Waals surface area contributed by atoms with Crippen LogP contribution in [0.1, 0.15) is 36.9 Å². The lowest BCUT2D eigenvalue weighted by Gasteiger charge is -2.29. The lowest BCUT2D eigenvalue weighted by molar-refractivity contribution is -0.0798. The van der Waals surface area contributed by atoms with E-state index in [1.54, 1.807) is 6.20 Å². The Labute approximate surface area is 220 Å². The van der Waals surface area contributed by atoms with Gasteiger partial charge in [-0.05, 0) is 49.3 Å². The Morgan fingerprint density at radius 2 is 1.92 bits per heavy atom. The summed E-state index contributed by atoms with van der Waals surface area (Å²) in [4.78, 5) is 11.4. The summed E-state index contributed by atoms with van der Waals surface area (Å²) in [5.41, 5.74) is 3.05. The van der Waals surface area contributed by atoms with Gasteiger partial charge in [0, 0.05) is 50.3 Å². The second kappa shape index (κ2) is 12.3. The summed E-state index contributed by atoms with van der Waals surface area (Å²) >= 11 is 0. The zero-order valence-electron chi connectivity index (χ0n) is 21.7. The molecule has 1 aromatic carbocycles. The van der Waals surface area contributed by atoms with Crippen LogP contribution in [-0.2, 0) is 6.54 Å². The number of alkyl halides is 3. The predicted octanol–water partition coefficient (Wildman–Crippen LogP) is 5.87. The molecule has 38 heavy (non-hydrogen) atoms. The summed E-state index contributed by atoms with van der Waals surface area (Å²) in [7, 11) is 3.97. The summed E-state index contributed by atoms with van der Waals surface area (Å²) in [5.74, 6) is 2.08. The highest BCUT2D eigenvalue weighted by Crippen LogP contribution is 2.27. The number of hydrogen-bond donors (Lipinski definition) is 3. The molecule has 0 atom stereocenters. The first-order chi connectivity index (χ1) is 18.2. The van der Waals surface area contributed by atoms with Gasteiger partial charge in [0.05, 0.1) is 17.4 Å². The van der Waals surface area contributed by atoms with Gasteiger partial charge in [-0.3, -0.25) is 5.10 Å². The molecule has 1 saturated carbocycles. The smallest absolute Gasteiger partial charge is 0.362 e. The fourth-order valence-corrected chi connectivity index (χ4v) is 4.75. The number of benzene rings is 1. The minimum atomic E-state index is -4.35. The molecule has 7 nitrogen and oxygen atoms in total. The van der Waals surface area contributed by atoms with E-state index in [2.05, 4.69) is 27.4 Å². The molecule has 0 spiro atoms. The molecule has 202 valence electrons. The maximum absolute atomic E-state index is 12.4. The highest BCUT2D eigenvalue weighted by Gasteiger charge is 2.23. The summed E-state index contributed by atoms with van der Waals surface area (Å²) in [6, 6.07) is 8.39. The Morgan fingerprint density at radius 3 is 2.63 bits per heavy atom. The van der Waals surface area contributed by atoms with Crippen molar-refractivity contribution in [2.75, 3.05) is 30.9 Å². The largest absolute Gasteiger partial charge is 0.409 e. The molecule has 2 heterocycles. The van der Waals surface area contributed by atoms with Crippen LogP contribution in [0.3, 0.4) is 0 Å². The number of aromatic nitrogens is 4. The van der Waals surface area contributed by atoms with Crippen molar-refractivity contribution in [3.8, 4) is 0 Å². The summed E-state index contributed by atoms with van der Waals surface area (Å²) < 4.78 is 37.3. The molecule has 10 heteroatoms. The van der Waals surface area contributed by atoms with Gasteiger partial charge in [-0.15, -0.1) is 0 Å². The molecular weight excluding hydrogens is 491 g/mol. The standard InChI is InChI=1S/C28H34F3N7/c1-4-20(8-7-15-28(29,30)31)25-21(18-34-37-25)17-32-22-13-11-19(12-14-22)16-33-27-35-24-10-6-5-9-23(24)26(36-27)38(2)3/h4-10,15,18-19,22,32H,1,11-14,16-17H2,2-3H3,(H,34,37)(H,33,35,36)/b15-7+,20-8+. The third-order valence-electron chi connectivity index (χ3n) is 6.77. The maximum Gasteiger partial charge on any atom is 0.409 e. The molecule has 2 aromatic heterocycles. The number of fused-ring (bicyclic) bond motifs is 1. The first-order valence-electron chi connectivity index (χ1n) is 12.8. The highest BCUT2D eigenvalue weighted by atomic mass is 19.4. The third kappa shape index (κ3) is 7.22. The van der Waals surface area contributed by atoms with Crippen LogP contribution in [0, 0.1) is 5.92 Å². The van der Waals surface area contributed by atoms with Gasteiger partial charge in [-0.2, -0.15) is 23.3 Å². The fourth-order valence-electron chi connectivity index (χ4n) is 4.75. The molecule has 1 aliphatic rings. The van der Waals surface area contributed by atoms with Crippen molar-refractivity contribution in [2.45, 2.75) is 44.4 Å². The quantitative estimate of drug-likeness (QED) is 0.288. The van der Waals surface area contributed by atoms with Crippen molar-refractivity contribution in [2.24, 2.45) is 5.92 Å². The van der Waals surface area contributed by atoms with E-state index in [1.165, 1.54) is 12.2 Å². The first kappa shape index (κ1) is 27.4. The Morgan fingerprint density at radius 1 is 1.16 bits per heavy atom. The van der Waals surface area contributed by atoms with Gasteiger partial charge in [0.15, 0.2) is 0 Å². The fraction of sp³-hybridized carbons (Fsp3) is 0.393. The number of halogens is 3. The van der Waals surface area contributed by atoms with Crippen LogP contribution in [0.4, 0.5) is 24.9 Å². The number of allylic oxidation sites excluding steroid dienone is 5. The van der Waals surface area contributed by atoms with E-state index in [9.17, 15) is 13.2 Å². The van der Waals surface area contributed by atoms with E-state index in [4.69, 9.17) is 9.97 Å². The van der Waals surface area contributed by atoms with Crippen molar-refractivity contribution in [3.63, 3.8) is 0 Å². The van der Waals surface area contributed by atoms with Crippen LogP contribution in [0.15, 0.2) is 61.3 Å². The van der Waals surface area contributed by atoms with E-state index in [0.717, 1.165) is 60.6 Å². The Hall–Kier alpha value is -3.66. The van der Waals surface area contributed by atoms with Crippen LogP contribution in [0.2, 0.25) is 0 Å². The number of hydrogen-bond acceptors (Lipinski definition) is 6.